The zero-order chi connectivity index (χ0) is 29.9. The van der Waals surface area contributed by atoms with E-state index >= 15 is 0 Å². The summed E-state index contributed by atoms with van der Waals surface area (Å²) >= 11 is 5.40. The Morgan fingerprint density at radius 3 is 2.29 bits per heavy atom. The molecule has 0 aliphatic carbocycles. The number of carbonyl (C=O) groups is 2. The molecule has 228 valence electrons. The molecule has 0 spiro atoms. The van der Waals surface area contributed by atoms with E-state index in [1.165, 1.54) is 37.3 Å². The number of alkyl halides is 3. The number of hydrogen-bond donors (Lipinski definition) is 1. The molecule has 0 radical (unpaired) electrons. The second-order valence-electron chi connectivity index (χ2n) is 10.3. The molecule has 2 heterocycles. The van der Waals surface area contributed by atoms with Crippen LogP contribution in [0.4, 0.5) is 22.4 Å². The Labute approximate surface area is 253 Å². The molecule has 0 unspecified atom stereocenters. The third-order valence-corrected chi connectivity index (χ3v) is 7.19. The number of esters is 1. The number of carbonyl (C=O) groups excluding carboxylic acids is 2. The van der Waals surface area contributed by atoms with Crippen molar-refractivity contribution < 1.29 is 36.6 Å². The molecule has 2 aliphatic heterocycles. The number of piperidine rings is 1. The van der Waals surface area contributed by atoms with Gasteiger partial charge in [0.05, 0.1) is 17.2 Å². The van der Waals surface area contributed by atoms with Crippen molar-refractivity contribution in [2.24, 2.45) is 0 Å². The predicted molar refractivity (Wildman–Crippen MR) is 154 cm³/mol. The molecule has 0 aromatic heterocycles. The first-order valence-electron chi connectivity index (χ1n) is 13.2. The van der Waals surface area contributed by atoms with Gasteiger partial charge in [-0.05, 0) is 75.2 Å². The highest BCUT2D eigenvalue weighted by Gasteiger charge is 2.46. The minimum absolute atomic E-state index is 0. The van der Waals surface area contributed by atoms with E-state index in [2.05, 4.69) is 10.2 Å². The molecule has 42 heavy (non-hydrogen) atoms. The maximum absolute atomic E-state index is 14.1. The molecule has 0 bridgehead atoms. The molecule has 0 saturated carbocycles. The summed E-state index contributed by atoms with van der Waals surface area (Å²) in [5, 5.41) is 2.58. The van der Waals surface area contributed by atoms with Crippen molar-refractivity contribution in [1.29, 1.82) is 0 Å². The number of nitrogens with one attached hydrogen (secondary N) is 1. The summed E-state index contributed by atoms with van der Waals surface area (Å²) < 4.78 is 66.7. The third-order valence-electron chi connectivity index (χ3n) is 6.89. The first-order valence-corrected chi connectivity index (χ1v) is 13.6. The molecule has 1 fully saturated rings. The van der Waals surface area contributed by atoms with E-state index in [9.17, 15) is 27.2 Å². The summed E-state index contributed by atoms with van der Waals surface area (Å²) in [5.74, 6) is -1.19. The van der Waals surface area contributed by atoms with Crippen LogP contribution < -0.4 is 5.32 Å². The van der Waals surface area contributed by atoms with Crippen LogP contribution in [0.2, 0.25) is 0 Å². The van der Waals surface area contributed by atoms with Gasteiger partial charge in [0.1, 0.15) is 18.0 Å². The van der Waals surface area contributed by atoms with Gasteiger partial charge in [0.2, 0.25) is 0 Å². The van der Waals surface area contributed by atoms with Crippen LogP contribution in [0.25, 0.3) is 0 Å². The molecular weight excluding hydrogens is 598 g/mol. The lowest BCUT2D eigenvalue weighted by Gasteiger charge is -2.40. The van der Waals surface area contributed by atoms with Crippen LogP contribution in [0, 0.1) is 5.82 Å². The highest BCUT2D eigenvalue weighted by atomic mass is 35.5. The second-order valence-corrected chi connectivity index (χ2v) is 10.7. The fourth-order valence-corrected chi connectivity index (χ4v) is 5.32. The Balaban J connectivity index is 0.00000484. The molecule has 13 heteroatoms. The number of amides is 1. The van der Waals surface area contributed by atoms with Gasteiger partial charge in [-0.3, -0.25) is 4.90 Å². The van der Waals surface area contributed by atoms with Crippen molar-refractivity contribution in [2.45, 2.75) is 64.6 Å². The predicted octanol–water partition coefficient (Wildman–Crippen LogP) is 6.52. The van der Waals surface area contributed by atoms with Crippen molar-refractivity contribution in [3.63, 3.8) is 0 Å². The van der Waals surface area contributed by atoms with Crippen LogP contribution in [0.15, 0.2) is 59.8 Å². The Kier molecular flexibility index (Phi) is 11.0. The molecule has 2 aromatic carbocycles. The smallest absolute Gasteiger partial charge is 0.417 e. The van der Waals surface area contributed by atoms with Crippen molar-refractivity contribution >= 4 is 41.8 Å². The molecule has 2 aliphatic rings. The summed E-state index contributed by atoms with van der Waals surface area (Å²) in [7, 11) is 0. The Bertz CT molecular complexity index is 1330. The van der Waals surface area contributed by atoms with E-state index in [-0.39, 0.29) is 40.2 Å². The average Bonchev–Trinajstić information content (AvgIpc) is 2.89. The number of ether oxygens (including phenoxy) is 2. The summed E-state index contributed by atoms with van der Waals surface area (Å²) in [5.41, 5.74) is -0.384. The van der Waals surface area contributed by atoms with Crippen LogP contribution in [0.3, 0.4) is 0 Å². The summed E-state index contributed by atoms with van der Waals surface area (Å²) in [6.45, 7) is 6.49. The Morgan fingerprint density at radius 2 is 1.69 bits per heavy atom. The first kappa shape index (κ1) is 33.3. The van der Waals surface area contributed by atoms with Gasteiger partial charge in [0, 0.05) is 25.3 Å². The summed E-state index contributed by atoms with van der Waals surface area (Å²) in [6, 6.07) is 9.42. The van der Waals surface area contributed by atoms with Gasteiger partial charge in [0.25, 0.3) is 0 Å². The van der Waals surface area contributed by atoms with Gasteiger partial charge in [-0.25, -0.2) is 18.9 Å². The number of halogens is 5. The van der Waals surface area contributed by atoms with E-state index in [4.69, 9.17) is 21.7 Å². The standard InChI is InChI=1S/C29H31F4N3O4S.ClH/c1-17(2)39-26(37)24-18(3)34-27(41)36(25(24)22-6-4-5-7-23(22)29(31,32)33)28(38)40-21-12-14-35(15-13-21)16-19-8-10-20(30)11-9-19;/h4-11,17,21,25H,12-16H2,1-3H3,(H,34,41);1H/t25-;/m1./s1. The number of rotatable bonds is 6. The largest absolute Gasteiger partial charge is 0.459 e. The second kappa shape index (κ2) is 13.8. The van der Waals surface area contributed by atoms with Gasteiger partial charge in [-0.15, -0.1) is 12.4 Å². The average molecular weight is 630 g/mol. The molecular formula is C29H32ClF4N3O4S. The number of benzene rings is 2. The quantitative estimate of drug-likeness (QED) is 0.222. The Hall–Kier alpha value is -3.22. The van der Waals surface area contributed by atoms with Crippen LogP contribution in [-0.4, -0.2) is 52.3 Å². The fraction of sp³-hybridized carbons (Fsp3) is 0.414. The van der Waals surface area contributed by atoms with Crippen LogP contribution >= 0.6 is 24.6 Å². The molecule has 4 rings (SSSR count). The lowest BCUT2D eigenvalue weighted by molar-refractivity contribution is -0.144. The molecule has 2 aromatic rings. The van der Waals surface area contributed by atoms with E-state index in [0.29, 0.717) is 32.5 Å². The molecule has 1 saturated heterocycles. The van der Waals surface area contributed by atoms with Gasteiger partial charge in [-0.2, -0.15) is 13.2 Å². The van der Waals surface area contributed by atoms with Crippen molar-refractivity contribution in [1.82, 2.24) is 15.1 Å². The SMILES string of the molecule is CC1=C(C(=O)OC(C)C)[C@@H](c2ccccc2C(F)(F)F)N(C(=O)OC2CCN(Cc3ccc(F)cc3)CC2)C(=S)N1.Cl. The zero-order valence-electron chi connectivity index (χ0n) is 23.2. The highest BCUT2D eigenvalue weighted by Crippen LogP contribution is 2.42. The number of nitrogens with zero attached hydrogens (tertiary/aromatic N) is 2. The van der Waals surface area contributed by atoms with Crippen molar-refractivity contribution in [3.05, 3.63) is 82.3 Å². The van der Waals surface area contributed by atoms with Crippen molar-refractivity contribution in [3.8, 4) is 0 Å². The van der Waals surface area contributed by atoms with E-state index < -0.39 is 42.1 Å². The van der Waals surface area contributed by atoms with Crippen LogP contribution in [0.1, 0.15) is 56.3 Å². The molecule has 7 nitrogen and oxygen atoms in total. The lowest BCUT2D eigenvalue weighted by atomic mass is 9.90. The summed E-state index contributed by atoms with van der Waals surface area (Å²) in [4.78, 5) is 29.8. The van der Waals surface area contributed by atoms with Crippen molar-refractivity contribution in [2.75, 3.05) is 13.1 Å². The van der Waals surface area contributed by atoms with E-state index in [0.717, 1.165) is 16.5 Å². The number of likely N-dealkylation sites (tertiary alicyclic amines) is 1. The summed E-state index contributed by atoms with van der Waals surface area (Å²) in [6.07, 6.45) is -5.87. The van der Waals surface area contributed by atoms with Gasteiger partial charge >= 0.3 is 18.2 Å². The van der Waals surface area contributed by atoms with Gasteiger partial charge in [-0.1, -0.05) is 30.3 Å². The maximum atomic E-state index is 14.1. The monoisotopic (exact) mass is 629 g/mol. The van der Waals surface area contributed by atoms with Crippen LogP contribution in [0.5, 0.6) is 0 Å². The highest BCUT2D eigenvalue weighted by molar-refractivity contribution is 7.80. The normalized spacial score (nSPS) is 18.4. The Morgan fingerprint density at radius 1 is 1.07 bits per heavy atom. The molecule has 1 N–H and O–H groups in total. The first-order chi connectivity index (χ1) is 19.3. The third kappa shape index (κ3) is 7.78. The number of allylic oxidation sites excluding steroid dienone is 1. The minimum atomic E-state index is -4.77. The van der Waals surface area contributed by atoms with Crippen LogP contribution in [-0.2, 0) is 27.0 Å². The van der Waals surface area contributed by atoms with E-state index in [1.54, 1.807) is 26.0 Å². The molecule has 1 amide bonds. The van der Waals surface area contributed by atoms with Gasteiger partial charge < -0.3 is 14.8 Å². The fourth-order valence-electron chi connectivity index (χ4n) is 4.99. The lowest BCUT2D eigenvalue weighted by Crippen LogP contribution is -2.52. The number of hydrogen-bond acceptors (Lipinski definition) is 6. The minimum Gasteiger partial charge on any atom is -0.459 e. The maximum Gasteiger partial charge on any atom is 0.417 e. The topological polar surface area (TPSA) is 71.1 Å². The van der Waals surface area contributed by atoms with E-state index in [1.807, 2.05) is 0 Å². The van der Waals surface area contributed by atoms with Gasteiger partial charge in [0.15, 0.2) is 5.11 Å². The molecule has 1 atom stereocenters. The number of thiocarbonyl (C=S) groups is 1. The zero-order valence-corrected chi connectivity index (χ0v) is 24.9.